The summed E-state index contributed by atoms with van der Waals surface area (Å²) < 4.78 is 5.10. The van der Waals surface area contributed by atoms with Crippen molar-refractivity contribution in [1.82, 2.24) is 4.90 Å². The van der Waals surface area contributed by atoms with Crippen molar-refractivity contribution in [3.8, 4) is 5.75 Å². The van der Waals surface area contributed by atoms with Crippen LogP contribution in [0, 0.1) is 5.41 Å². The van der Waals surface area contributed by atoms with Gasteiger partial charge in [0.15, 0.2) is 0 Å². The van der Waals surface area contributed by atoms with Crippen molar-refractivity contribution in [2.75, 3.05) is 20.2 Å². The maximum absolute atomic E-state index is 12.5. The molecule has 116 valence electrons. The topological polar surface area (TPSA) is 66.8 Å². The Morgan fingerprint density at radius 3 is 2.86 bits per heavy atom. The van der Waals surface area contributed by atoms with Crippen molar-refractivity contribution in [1.29, 1.82) is 0 Å². The van der Waals surface area contributed by atoms with Gasteiger partial charge in [0.05, 0.1) is 17.4 Å². The summed E-state index contributed by atoms with van der Waals surface area (Å²) in [6.07, 6.45) is 2.80. The monoisotopic (exact) mass is 311 g/mol. The molecule has 1 fully saturated rings. The van der Waals surface area contributed by atoms with Crippen molar-refractivity contribution in [2.45, 2.75) is 32.6 Å². The van der Waals surface area contributed by atoms with Crippen LogP contribution in [0.15, 0.2) is 11.4 Å². The van der Waals surface area contributed by atoms with Crippen LogP contribution in [0.2, 0.25) is 0 Å². The third kappa shape index (κ3) is 3.20. The van der Waals surface area contributed by atoms with Crippen molar-refractivity contribution in [3.63, 3.8) is 0 Å². The second-order valence-electron chi connectivity index (χ2n) is 5.52. The second kappa shape index (κ2) is 6.47. The lowest BCUT2D eigenvalue weighted by Gasteiger charge is -2.39. The summed E-state index contributed by atoms with van der Waals surface area (Å²) in [6.45, 7) is 2.91. The van der Waals surface area contributed by atoms with Crippen LogP contribution in [0.5, 0.6) is 5.75 Å². The Morgan fingerprint density at radius 2 is 2.29 bits per heavy atom. The van der Waals surface area contributed by atoms with Crippen LogP contribution in [-0.4, -0.2) is 42.1 Å². The number of ether oxygens (including phenoxy) is 1. The first kappa shape index (κ1) is 15.8. The molecule has 1 unspecified atom stereocenters. The number of carbonyl (C=O) groups is 2. The number of carboxylic acids is 1. The van der Waals surface area contributed by atoms with Gasteiger partial charge in [-0.05, 0) is 19.3 Å². The van der Waals surface area contributed by atoms with Gasteiger partial charge in [-0.25, -0.2) is 0 Å². The number of thiophene rings is 1. The average Bonchev–Trinajstić information content (AvgIpc) is 2.96. The van der Waals surface area contributed by atoms with Gasteiger partial charge in [-0.1, -0.05) is 13.3 Å². The first-order valence-corrected chi connectivity index (χ1v) is 8.05. The first-order chi connectivity index (χ1) is 10.0. The van der Waals surface area contributed by atoms with Crippen LogP contribution in [0.4, 0.5) is 0 Å². The third-order valence-corrected chi connectivity index (χ3v) is 4.96. The summed E-state index contributed by atoms with van der Waals surface area (Å²) in [5.74, 6) is -0.214. The molecule has 1 aromatic rings. The number of rotatable bonds is 5. The molecule has 1 saturated heterocycles. The Kier molecular flexibility index (Phi) is 4.88. The van der Waals surface area contributed by atoms with Crippen molar-refractivity contribution in [2.24, 2.45) is 5.41 Å². The number of carbonyl (C=O) groups excluding carboxylic acids is 1. The number of piperidine rings is 1. The van der Waals surface area contributed by atoms with E-state index in [1.165, 1.54) is 11.3 Å². The minimum absolute atomic E-state index is 0.0928. The Labute approximate surface area is 128 Å². The third-order valence-electron chi connectivity index (χ3n) is 4.07. The number of hydrogen-bond donors (Lipinski definition) is 1. The van der Waals surface area contributed by atoms with Gasteiger partial charge in [0.25, 0.3) is 5.91 Å². The van der Waals surface area contributed by atoms with Crippen LogP contribution < -0.4 is 4.74 Å². The molecule has 1 N–H and O–H groups in total. The van der Waals surface area contributed by atoms with Gasteiger partial charge in [0, 0.05) is 24.5 Å². The molecule has 0 spiro atoms. The van der Waals surface area contributed by atoms with E-state index in [1.807, 2.05) is 6.92 Å². The largest absolute Gasteiger partial charge is 0.496 e. The standard InChI is InChI=1S/C15H21NO4S/c1-3-5-15(14(18)19)6-4-7-16(10-15)13(17)12-8-11(20-2)9-21-12/h8-9H,3-7,10H2,1-2H3,(H,18,19). The van der Waals surface area contributed by atoms with E-state index < -0.39 is 11.4 Å². The zero-order chi connectivity index (χ0) is 15.5. The SMILES string of the molecule is CCCC1(C(=O)O)CCCN(C(=O)c2cc(OC)cs2)C1. The average molecular weight is 311 g/mol. The molecule has 1 aliphatic rings. The number of likely N-dealkylation sites (tertiary alicyclic amines) is 1. The normalized spacial score (nSPS) is 22.1. The van der Waals surface area contributed by atoms with Gasteiger partial charge in [-0.2, -0.15) is 0 Å². The van der Waals surface area contributed by atoms with Crippen molar-refractivity contribution >= 4 is 23.2 Å². The molecule has 1 aliphatic heterocycles. The zero-order valence-electron chi connectivity index (χ0n) is 12.4. The fraction of sp³-hybridized carbons (Fsp3) is 0.600. The fourth-order valence-electron chi connectivity index (χ4n) is 2.96. The highest BCUT2D eigenvalue weighted by molar-refractivity contribution is 7.12. The minimum Gasteiger partial charge on any atom is -0.496 e. The van der Waals surface area contributed by atoms with Gasteiger partial charge >= 0.3 is 5.97 Å². The Morgan fingerprint density at radius 1 is 1.52 bits per heavy atom. The summed E-state index contributed by atoms with van der Waals surface area (Å²) in [6, 6.07) is 1.71. The zero-order valence-corrected chi connectivity index (χ0v) is 13.2. The molecule has 0 bridgehead atoms. The van der Waals surface area contributed by atoms with Gasteiger partial charge in [0.1, 0.15) is 5.75 Å². The van der Waals surface area contributed by atoms with Gasteiger partial charge in [-0.3, -0.25) is 9.59 Å². The smallest absolute Gasteiger partial charge is 0.311 e. The molecule has 1 atom stereocenters. The molecule has 0 aliphatic carbocycles. The van der Waals surface area contributed by atoms with Crippen LogP contribution in [-0.2, 0) is 4.79 Å². The molecule has 0 aromatic carbocycles. The number of nitrogens with zero attached hydrogens (tertiary/aromatic N) is 1. The van der Waals surface area contributed by atoms with Gasteiger partial charge in [-0.15, -0.1) is 11.3 Å². The summed E-state index contributed by atoms with van der Waals surface area (Å²) in [5, 5.41) is 11.4. The number of methoxy groups -OCH3 is 1. The predicted octanol–water partition coefficient (Wildman–Crippen LogP) is 2.86. The lowest BCUT2D eigenvalue weighted by Crippen LogP contribution is -2.49. The van der Waals surface area contributed by atoms with Crippen LogP contribution in [0.25, 0.3) is 0 Å². The van der Waals surface area contributed by atoms with E-state index in [2.05, 4.69) is 0 Å². The van der Waals surface area contributed by atoms with E-state index in [0.717, 1.165) is 12.8 Å². The quantitative estimate of drug-likeness (QED) is 0.908. The molecule has 0 radical (unpaired) electrons. The van der Waals surface area contributed by atoms with Crippen molar-refractivity contribution < 1.29 is 19.4 Å². The highest BCUT2D eigenvalue weighted by Crippen LogP contribution is 2.36. The molecule has 0 saturated carbocycles. The predicted molar refractivity (Wildman–Crippen MR) is 81.0 cm³/mol. The maximum atomic E-state index is 12.5. The Bertz CT molecular complexity index is 523. The van der Waals surface area contributed by atoms with Crippen LogP contribution in [0.1, 0.15) is 42.3 Å². The minimum atomic E-state index is -0.788. The van der Waals surface area contributed by atoms with E-state index in [1.54, 1.807) is 23.5 Å². The second-order valence-corrected chi connectivity index (χ2v) is 6.43. The number of carboxylic acid groups (broad SMARTS) is 1. The van der Waals surface area contributed by atoms with E-state index in [4.69, 9.17) is 4.74 Å². The maximum Gasteiger partial charge on any atom is 0.311 e. The highest BCUT2D eigenvalue weighted by atomic mass is 32.1. The fourth-order valence-corrected chi connectivity index (χ4v) is 3.78. The molecular formula is C15H21NO4S. The molecule has 1 aromatic heterocycles. The first-order valence-electron chi connectivity index (χ1n) is 7.17. The van der Waals surface area contributed by atoms with Crippen LogP contribution in [0.3, 0.4) is 0 Å². The highest BCUT2D eigenvalue weighted by Gasteiger charge is 2.43. The number of aliphatic carboxylic acids is 1. The Balaban J connectivity index is 2.16. The summed E-state index contributed by atoms with van der Waals surface area (Å²) in [7, 11) is 1.56. The van der Waals surface area contributed by atoms with Gasteiger partial charge in [0.2, 0.25) is 0 Å². The van der Waals surface area contributed by atoms with Crippen LogP contribution >= 0.6 is 11.3 Å². The van der Waals surface area contributed by atoms with E-state index >= 15 is 0 Å². The summed E-state index contributed by atoms with van der Waals surface area (Å²) in [5.41, 5.74) is -0.788. The summed E-state index contributed by atoms with van der Waals surface area (Å²) in [4.78, 5) is 26.5. The lowest BCUT2D eigenvalue weighted by atomic mass is 9.76. The number of hydrogen-bond acceptors (Lipinski definition) is 4. The van der Waals surface area contributed by atoms with Gasteiger partial charge < -0.3 is 14.7 Å². The van der Waals surface area contributed by atoms with E-state index in [9.17, 15) is 14.7 Å². The molecule has 21 heavy (non-hydrogen) atoms. The summed E-state index contributed by atoms with van der Waals surface area (Å²) >= 11 is 1.33. The van der Waals surface area contributed by atoms with E-state index in [0.29, 0.717) is 36.6 Å². The molecular weight excluding hydrogens is 290 g/mol. The van der Waals surface area contributed by atoms with Crippen molar-refractivity contribution in [3.05, 3.63) is 16.3 Å². The number of amides is 1. The Hall–Kier alpha value is -1.56. The molecule has 2 rings (SSSR count). The molecule has 5 nitrogen and oxygen atoms in total. The molecule has 6 heteroatoms. The molecule has 1 amide bonds. The lowest BCUT2D eigenvalue weighted by molar-refractivity contribution is -0.152. The molecule has 2 heterocycles. The van der Waals surface area contributed by atoms with E-state index in [-0.39, 0.29) is 5.91 Å².